The van der Waals surface area contributed by atoms with Gasteiger partial charge in [0.1, 0.15) is 5.15 Å². The molecule has 0 fully saturated rings. The first kappa shape index (κ1) is 15.5. The third-order valence-corrected chi connectivity index (χ3v) is 3.67. The van der Waals surface area contributed by atoms with E-state index < -0.39 is 0 Å². The number of carbonyl (C=O) groups excluding carboxylic acids is 1. The Balaban J connectivity index is 2.44. The number of hydrogen-bond donors (Lipinski definition) is 0. The van der Waals surface area contributed by atoms with Gasteiger partial charge in [-0.25, -0.2) is 4.98 Å². The fraction of sp³-hybridized carbons (Fsp3) is 0.294. The lowest BCUT2D eigenvalue weighted by molar-refractivity contribution is 0.0992. The molecular formula is C17H19ClN2O. The van der Waals surface area contributed by atoms with Crippen molar-refractivity contribution >= 4 is 23.2 Å². The second-order valence-corrected chi connectivity index (χ2v) is 6.33. The maximum atomic E-state index is 12.6. The fourth-order valence-electron chi connectivity index (χ4n) is 2.24. The first-order valence-electron chi connectivity index (χ1n) is 6.80. The van der Waals surface area contributed by atoms with Crippen LogP contribution >= 0.6 is 11.6 Å². The molecule has 4 heteroatoms. The Kier molecular flexibility index (Phi) is 4.33. The van der Waals surface area contributed by atoms with Crippen LogP contribution in [0.2, 0.25) is 5.15 Å². The Morgan fingerprint density at radius 1 is 1.14 bits per heavy atom. The molecule has 1 amide bonds. The summed E-state index contributed by atoms with van der Waals surface area (Å²) in [4.78, 5) is 18.2. The van der Waals surface area contributed by atoms with Crippen molar-refractivity contribution < 1.29 is 4.79 Å². The van der Waals surface area contributed by atoms with Gasteiger partial charge in [0.25, 0.3) is 5.91 Å². The molecule has 3 nitrogen and oxygen atoms in total. The minimum atomic E-state index is -0.162. The van der Waals surface area contributed by atoms with E-state index in [0.29, 0.717) is 5.56 Å². The molecule has 0 aliphatic heterocycles. The zero-order chi connectivity index (χ0) is 15.6. The first-order chi connectivity index (χ1) is 9.82. The minimum Gasteiger partial charge on any atom is -0.311 e. The van der Waals surface area contributed by atoms with Crippen molar-refractivity contribution in [3.63, 3.8) is 0 Å². The van der Waals surface area contributed by atoms with Crippen LogP contribution in [-0.4, -0.2) is 17.9 Å². The van der Waals surface area contributed by atoms with E-state index in [2.05, 4.69) is 25.8 Å². The lowest BCUT2D eigenvalue weighted by atomic mass is 9.85. The summed E-state index contributed by atoms with van der Waals surface area (Å²) in [6.45, 7) is 6.38. The number of hydrogen-bond acceptors (Lipinski definition) is 2. The Morgan fingerprint density at radius 2 is 1.81 bits per heavy atom. The summed E-state index contributed by atoms with van der Waals surface area (Å²) in [5.41, 5.74) is 2.35. The maximum absolute atomic E-state index is 12.6. The molecule has 0 saturated heterocycles. The minimum absolute atomic E-state index is 0.0517. The van der Waals surface area contributed by atoms with Crippen LogP contribution in [0.4, 0.5) is 5.69 Å². The van der Waals surface area contributed by atoms with Gasteiger partial charge < -0.3 is 4.90 Å². The molecule has 2 rings (SSSR count). The highest BCUT2D eigenvalue weighted by atomic mass is 35.5. The SMILES string of the molecule is CN(C(=O)c1cccnc1Cl)c1ccccc1C(C)(C)C. The number of halogens is 1. The number of nitrogens with zero attached hydrogens (tertiary/aromatic N) is 2. The molecule has 1 aromatic heterocycles. The van der Waals surface area contributed by atoms with Crippen molar-refractivity contribution in [2.24, 2.45) is 0 Å². The summed E-state index contributed by atoms with van der Waals surface area (Å²) >= 11 is 6.02. The molecule has 0 aliphatic carbocycles. The van der Waals surface area contributed by atoms with Gasteiger partial charge in [0, 0.05) is 18.9 Å². The summed E-state index contributed by atoms with van der Waals surface area (Å²) in [5, 5.41) is 0.225. The predicted octanol–water partition coefficient (Wildman–Crippen LogP) is 4.31. The number of anilines is 1. The van der Waals surface area contributed by atoms with E-state index in [1.165, 1.54) is 0 Å². The number of carbonyl (C=O) groups is 1. The molecule has 0 saturated carbocycles. The fourth-order valence-corrected chi connectivity index (χ4v) is 2.44. The van der Waals surface area contributed by atoms with Gasteiger partial charge in [0.2, 0.25) is 0 Å². The van der Waals surface area contributed by atoms with Crippen LogP contribution in [0.1, 0.15) is 36.7 Å². The third-order valence-electron chi connectivity index (χ3n) is 3.37. The van der Waals surface area contributed by atoms with E-state index in [4.69, 9.17) is 11.6 Å². The first-order valence-corrected chi connectivity index (χ1v) is 7.18. The second kappa shape index (κ2) is 5.86. The number of pyridine rings is 1. The summed E-state index contributed by atoms with van der Waals surface area (Å²) in [6, 6.07) is 11.3. The van der Waals surface area contributed by atoms with Crippen LogP contribution in [0.3, 0.4) is 0 Å². The third kappa shape index (κ3) is 3.24. The molecule has 0 unspecified atom stereocenters. The van der Waals surface area contributed by atoms with Crippen LogP contribution in [0.15, 0.2) is 42.6 Å². The number of rotatable bonds is 2. The van der Waals surface area contributed by atoms with Gasteiger partial charge in [0.15, 0.2) is 0 Å². The molecule has 0 spiro atoms. The summed E-state index contributed by atoms with van der Waals surface area (Å²) in [5.74, 6) is -0.162. The van der Waals surface area contributed by atoms with Crippen LogP contribution < -0.4 is 4.90 Å². The smallest absolute Gasteiger partial charge is 0.261 e. The van der Waals surface area contributed by atoms with E-state index in [1.807, 2.05) is 24.3 Å². The van der Waals surface area contributed by atoms with Gasteiger partial charge in [-0.15, -0.1) is 0 Å². The maximum Gasteiger partial charge on any atom is 0.261 e. The van der Waals surface area contributed by atoms with E-state index in [1.54, 1.807) is 30.3 Å². The van der Waals surface area contributed by atoms with Crippen molar-refractivity contribution in [1.29, 1.82) is 0 Å². The van der Waals surface area contributed by atoms with Gasteiger partial charge in [-0.2, -0.15) is 0 Å². The highest BCUT2D eigenvalue weighted by Gasteiger charge is 2.23. The molecule has 0 bridgehead atoms. The largest absolute Gasteiger partial charge is 0.311 e. The second-order valence-electron chi connectivity index (χ2n) is 5.97. The average Bonchev–Trinajstić information content (AvgIpc) is 2.45. The average molecular weight is 303 g/mol. The zero-order valence-electron chi connectivity index (χ0n) is 12.7. The van der Waals surface area contributed by atoms with E-state index in [9.17, 15) is 4.79 Å². The Morgan fingerprint density at radius 3 is 2.43 bits per heavy atom. The Hall–Kier alpha value is -1.87. The Labute approximate surface area is 130 Å². The molecule has 0 aliphatic rings. The Bertz CT molecular complexity index is 662. The molecule has 0 radical (unpaired) electrons. The molecule has 2 aromatic rings. The molecule has 0 N–H and O–H groups in total. The molecule has 21 heavy (non-hydrogen) atoms. The zero-order valence-corrected chi connectivity index (χ0v) is 13.5. The van der Waals surface area contributed by atoms with Crippen molar-refractivity contribution in [2.75, 3.05) is 11.9 Å². The molecule has 1 aromatic carbocycles. The molecule has 1 heterocycles. The van der Waals surface area contributed by atoms with Crippen molar-refractivity contribution in [2.45, 2.75) is 26.2 Å². The number of benzene rings is 1. The topological polar surface area (TPSA) is 33.2 Å². The van der Waals surface area contributed by atoms with Crippen molar-refractivity contribution in [3.8, 4) is 0 Å². The summed E-state index contributed by atoms with van der Waals surface area (Å²) in [6.07, 6.45) is 1.57. The molecular weight excluding hydrogens is 284 g/mol. The van der Waals surface area contributed by atoms with Gasteiger partial charge in [0.05, 0.1) is 5.56 Å². The monoisotopic (exact) mass is 302 g/mol. The van der Waals surface area contributed by atoms with Crippen LogP contribution in [-0.2, 0) is 5.41 Å². The van der Waals surface area contributed by atoms with Gasteiger partial charge in [-0.05, 0) is 29.2 Å². The quantitative estimate of drug-likeness (QED) is 0.775. The standard InChI is InChI=1S/C17H19ClN2O/c1-17(2,3)13-9-5-6-10-14(13)20(4)16(21)12-8-7-11-19-15(12)18/h5-11H,1-4H3. The molecule has 110 valence electrons. The van der Waals surface area contributed by atoms with Crippen molar-refractivity contribution in [1.82, 2.24) is 4.98 Å². The molecule has 0 atom stereocenters. The number of aromatic nitrogens is 1. The highest BCUT2D eigenvalue weighted by Crippen LogP contribution is 2.32. The number of amides is 1. The van der Waals surface area contributed by atoms with Gasteiger partial charge in [-0.1, -0.05) is 50.6 Å². The number of para-hydroxylation sites is 1. The lowest BCUT2D eigenvalue weighted by Gasteiger charge is -2.27. The summed E-state index contributed by atoms with van der Waals surface area (Å²) in [7, 11) is 1.76. The normalized spacial score (nSPS) is 11.3. The van der Waals surface area contributed by atoms with Crippen molar-refractivity contribution in [3.05, 3.63) is 58.9 Å². The van der Waals surface area contributed by atoms with Gasteiger partial charge >= 0.3 is 0 Å². The van der Waals surface area contributed by atoms with Gasteiger partial charge in [-0.3, -0.25) is 4.79 Å². The van der Waals surface area contributed by atoms with Crippen LogP contribution in [0, 0.1) is 0 Å². The van der Waals surface area contributed by atoms with Crippen LogP contribution in [0.25, 0.3) is 0 Å². The van der Waals surface area contributed by atoms with E-state index >= 15 is 0 Å². The highest BCUT2D eigenvalue weighted by molar-refractivity contribution is 6.33. The summed E-state index contributed by atoms with van der Waals surface area (Å²) < 4.78 is 0. The van der Waals surface area contributed by atoms with Crippen LogP contribution in [0.5, 0.6) is 0 Å². The van der Waals surface area contributed by atoms with E-state index in [-0.39, 0.29) is 16.5 Å². The van der Waals surface area contributed by atoms with E-state index in [0.717, 1.165) is 11.3 Å². The lowest BCUT2D eigenvalue weighted by Crippen LogP contribution is -2.29. The predicted molar refractivity (Wildman–Crippen MR) is 87.1 cm³/mol.